The summed E-state index contributed by atoms with van der Waals surface area (Å²) < 4.78 is 1.85. The lowest BCUT2D eigenvalue weighted by molar-refractivity contribution is -0.575. The van der Waals surface area contributed by atoms with Gasteiger partial charge in [-0.05, 0) is 24.0 Å². The van der Waals surface area contributed by atoms with Crippen molar-refractivity contribution in [3.05, 3.63) is 95.8 Å². The molecule has 0 unspecified atom stereocenters. The van der Waals surface area contributed by atoms with Crippen LogP contribution in [0.5, 0.6) is 0 Å². The fourth-order valence-corrected chi connectivity index (χ4v) is 3.51. The van der Waals surface area contributed by atoms with E-state index in [1.54, 1.807) is 0 Å². The van der Waals surface area contributed by atoms with Crippen LogP contribution in [0.2, 0.25) is 0 Å². The van der Waals surface area contributed by atoms with Crippen molar-refractivity contribution in [1.82, 2.24) is 0 Å². The molecule has 0 saturated heterocycles. The summed E-state index contributed by atoms with van der Waals surface area (Å²) >= 11 is 5.78. The van der Waals surface area contributed by atoms with Crippen LogP contribution in [-0.2, 0) is 12.8 Å². The lowest BCUT2D eigenvalue weighted by Crippen LogP contribution is -2.38. The zero-order chi connectivity index (χ0) is 19.9. The number of rotatable bonds is 6. The zero-order valence-corrected chi connectivity index (χ0v) is 17.0. The molecule has 2 aromatic carbocycles. The van der Waals surface area contributed by atoms with Crippen molar-refractivity contribution in [3.8, 4) is 0 Å². The normalized spacial score (nSPS) is 11.6. The molecule has 0 aliphatic heterocycles. The molecular formula is C24H25N2OS+. The van der Waals surface area contributed by atoms with Crippen LogP contribution in [-0.4, -0.2) is 10.1 Å². The van der Waals surface area contributed by atoms with Crippen LogP contribution in [0.1, 0.15) is 30.5 Å². The first kappa shape index (κ1) is 19.8. The molecule has 0 aliphatic carbocycles. The molecule has 3 nitrogen and oxygen atoms in total. The summed E-state index contributed by atoms with van der Waals surface area (Å²) in [4.78, 5) is 0.480. The van der Waals surface area contributed by atoms with Gasteiger partial charge in [0.25, 0.3) is 5.70 Å². The number of thiocarbonyl (C=S) groups is 1. The van der Waals surface area contributed by atoms with Gasteiger partial charge >= 0.3 is 0 Å². The van der Waals surface area contributed by atoms with Gasteiger partial charge in [-0.25, -0.2) is 0 Å². The van der Waals surface area contributed by atoms with Gasteiger partial charge in [-0.15, -0.1) is 0 Å². The maximum atomic E-state index is 11.1. The molecule has 2 N–H and O–H groups in total. The Hall–Kier alpha value is -2.98. The van der Waals surface area contributed by atoms with Gasteiger partial charge in [-0.3, -0.25) is 0 Å². The van der Waals surface area contributed by atoms with E-state index in [1.165, 1.54) is 11.1 Å². The molecule has 3 rings (SSSR count). The van der Waals surface area contributed by atoms with E-state index >= 15 is 0 Å². The molecule has 0 radical (unpaired) electrons. The number of aryl methyl sites for hydroxylation is 2. The van der Waals surface area contributed by atoms with Crippen LogP contribution in [0.4, 0.5) is 5.69 Å². The molecule has 3 aromatic rings. The van der Waals surface area contributed by atoms with Crippen molar-refractivity contribution in [2.45, 2.75) is 26.7 Å². The minimum atomic E-state index is 0.140. The van der Waals surface area contributed by atoms with Gasteiger partial charge in [0.1, 0.15) is 0 Å². The van der Waals surface area contributed by atoms with Crippen LogP contribution in [0.3, 0.4) is 0 Å². The van der Waals surface area contributed by atoms with Gasteiger partial charge in [-0.1, -0.05) is 80.7 Å². The molecule has 0 spiro atoms. The van der Waals surface area contributed by atoms with Gasteiger partial charge < -0.3 is 10.4 Å². The predicted octanol–water partition coefficient (Wildman–Crippen LogP) is 5.42. The Bertz CT molecular complexity index is 960. The topological polar surface area (TPSA) is 36.1 Å². The number of aliphatic hydroxyl groups is 1. The first-order valence-corrected chi connectivity index (χ1v) is 9.94. The van der Waals surface area contributed by atoms with E-state index in [0.717, 1.165) is 24.1 Å². The quantitative estimate of drug-likeness (QED) is 0.256. The van der Waals surface area contributed by atoms with Crippen LogP contribution in [0, 0.1) is 0 Å². The number of hydrogen-bond acceptors (Lipinski definition) is 2. The molecular weight excluding hydrogens is 364 g/mol. The van der Waals surface area contributed by atoms with E-state index in [9.17, 15) is 5.11 Å². The van der Waals surface area contributed by atoms with Crippen LogP contribution in [0.25, 0.3) is 11.5 Å². The van der Waals surface area contributed by atoms with Crippen LogP contribution < -0.4 is 9.88 Å². The van der Waals surface area contributed by atoms with Gasteiger partial charge in [0.15, 0.2) is 23.1 Å². The Morgan fingerprint density at radius 3 is 2.00 bits per heavy atom. The summed E-state index contributed by atoms with van der Waals surface area (Å²) in [5.41, 5.74) is 4.72. The summed E-state index contributed by atoms with van der Waals surface area (Å²) in [6, 6.07) is 21.5. The lowest BCUT2D eigenvalue weighted by atomic mass is 10.0. The van der Waals surface area contributed by atoms with E-state index < -0.39 is 0 Å². The average Bonchev–Trinajstić information content (AvgIpc) is 2.75. The van der Waals surface area contributed by atoms with E-state index in [1.807, 2.05) is 65.5 Å². The highest BCUT2D eigenvalue weighted by molar-refractivity contribution is 7.81. The second-order valence-corrected chi connectivity index (χ2v) is 6.87. The van der Waals surface area contributed by atoms with Crippen molar-refractivity contribution in [2.75, 3.05) is 5.32 Å². The van der Waals surface area contributed by atoms with E-state index in [-0.39, 0.29) is 5.76 Å². The molecule has 142 valence electrons. The molecule has 4 heteroatoms. The molecule has 0 fully saturated rings. The summed E-state index contributed by atoms with van der Waals surface area (Å²) in [5.74, 6) is 0.140. The lowest BCUT2D eigenvalue weighted by Gasteiger charge is -2.16. The molecule has 1 heterocycles. The SMILES string of the molecule is CCc1cccc(CC)c1NC(=S)C(=C(O)c1ccccc1)[n+]1ccccc1. The van der Waals surface area contributed by atoms with Gasteiger partial charge in [0, 0.05) is 23.4 Å². The number of anilines is 1. The third-order valence-corrected chi connectivity index (χ3v) is 4.99. The van der Waals surface area contributed by atoms with Crippen molar-refractivity contribution in [2.24, 2.45) is 0 Å². The Kier molecular flexibility index (Phi) is 6.56. The Morgan fingerprint density at radius 2 is 1.43 bits per heavy atom. The summed E-state index contributed by atoms with van der Waals surface area (Å²) in [6.45, 7) is 4.26. The van der Waals surface area contributed by atoms with Gasteiger partial charge in [0.2, 0.25) is 0 Å². The van der Waals surface area contributed by atoms with Crippen molar-refractivity contribution < 1.29 is 9.67 Å². The number of aromatic nitrogens is 1. The largest absolute Gasteiger partial charge is 0.502 e. The average molecular weight is 390 g/mol. The fourth-order valence-electron chi connectivity index (χ4n) is 3.20. The molecule has 0 atom stereocenters. The van der Waals surface area contributed by atoms with E-state index in [2.05, 4.69) is 37.4 Å². The number of aliphatic hydroxyl groups excluding tert-OH is 1. The minimum Gasteiger partial charge on any atom is -0.502 e. The third kappa shape index (κ3) is 4.29. The number of benzene rings is 2. The highest BCUT2D eigenvalue weighted by atomic mass is 32.1. The summed E-state index contributed by atoms with van der Waals surface area (Å²) in [7, 11) is 0. The van der Waals surface area contributed by atoms with Crippen molar-refractivity contribution in [3.63, 3.8) is 0 Å². The maximum absolute atomic E-state index is 11.1. The summed E-state index contributed by atoms with van der Waals surface area (Å²) in [6.07, 6.45) is 5.58. The first-order chi connectivity index (χ1) is 13.7. The smallest absolute Gasteiger partial charge is 0.288 e. The monoisotopic (exact) mass is 389 g/mol. The Balaban J connectivity index is 2.09. The fraction of sp³-hybridized carbons (Fsp3) is 0.167. The highest BCUT2D eigenvalue weighted by Crippen LogP contribution is 2.25. The van der Waals surface area contributed by atoms with Gasteiger partial charge in [-0.2, -0.15) is 4.57 Å². The second-order valence-electron chi connectivity index (χ2n) is 6.46. The predicted molar refractivity (Wildman–Crippen MR) is 120 cm³/mol. The number of nitrogens with zero attached hydrogens (tertiary/aromatic N) is 1. The summed E-state index contributed by atoms with van der Waals surface area (Å²) in [5, 5.41) is 14.5. The van der Waals surface area contributed by atoms with Crippen molar-refractivity contribution >= 4 is 34.3 Å². The molecule has 0 saturated carbocycles. The number of pyridine rings is 1. The molecule has 0 bridgehead atoms. The van der Waals surface area contributed by atoms with E-state index in [4.69, 9.17) is 12.2 Å². The zero-order valence-electron chi connectivity index (χ0n) is 16.2. The molecule has 28 heavy (non-hydrogen) atoms. The molecule has 0 aliphatic rings. The van der Waals surface area contributed by atoms with E-state index in [0.29, 0.717) is 10.7 Å². The van der Waals surface area contributed by atoms with Crippen LogP contribution in [0.15, 0.2) is 79.1 Å². The highest BCUT2D eigenvalue weighted by Gasteiger charge is 2.24. The van der Waals surface area contributed by atoms with Crippen molar-refractivity contribution in [1.29, 1.82) is 0 Å². The number of nitrogens with one attached hydrogen (secondary N) is 1. The number of para-hydroxylation sites is 1. The third-order valence-electron chi connectivity index (χ3n) is 4.70. The van der Waals surface area contributed by atoms with Crippen LogP contribution >= 0.6 is 12.2 Å². The second kappa shape index (κ2) is 9.29. The Morgan fingerprint density at radius 1 is 0.857 bits per heavy atom. The maximum Gasteiger partial charge on any atom is 0.288 e. The molecule has 1 aromatic heterocycles. The first-order valence-electron chi connectivity index (χ1n) is 9.53. The standard InChI is InChI=1S/C24H24N2OS/c1-3-18-14-11-15-19(4-2)21(18)25-24(28)22(26-16-9-6-10-17-26)23(27)20-12-7-5-8-13-20/h5-17H,3-4H2,1-2H3,(H-,25,27,28)/p+1. The minimum absolute atomic E-state index is 0.140. The number of hydrogen-bond donors (Lipinski definition) is 2. The van der Waals surface area contributed by atoms with Gasteiger partial charge in [0.05, 0.1) is 0 Å². The molecule has 0 amide bonds. The Labute approximate surface area is 172 Å².